The monoisotopic (exact) mass is 173 g/mol. The van der Waals surface area contributed by atoms with E-state index in [4.69, 9.17) is 5.26 Å². The molecule has 0 amide bonds. The summed E-state index contributed by atoms with van der Waals surface area (Å²) in [5.41, 5.74) is 0.715. The van der Waals surface area contributed by atoms with Gasteiger partial charge in [0.05, 0.1) is 5.56 Å². The summed E-state index contributed by atoms with van der Waals surface area (Å²) in [5.74, 6) is -0.208. The van der Waals surface area contributed by atoms with Crippen LogP contribution in [-0.2, 0) is 0 Å². The van der Waals surface area contributed by atoms with Crippen molar-refractivity contribution in [2.75, 3.05) is 0 Å². The van der Waals surface area contributed by atoms with Crippen molar-refractivity contribution in [3.05, 3.63) is 34.9 Å². The molecule has 64 valence electrons. The van der Waals surface area contributed by atoms with E-state index in [2.05, 4.69) is 0 Å². The van der Waals surface area contributed by atoms with E-state index in [0.717, 1.165) is 0 Å². The maximum Gasteiger partial charge on any atom is 0.161 e. The van der Waals surface area contributed by atoms with Crippen LogP contribution in [0.15, 0.2) is 18.2 Å². The Kier molecular flexibility index (Phi) is 2.56. The SMILES string of the molecule is CC(=O)c1cccc(C=O)c1C#N. The maximum atomic E-state index is 11.0. The number of carbonyl (C=O) groups excluding carboxylic acids is 2. The lowest BCUT2D eigenvalue weighted by Gasteiger charge is -2.00. The Bertz CT molecular complexity index is 402. The number of aldehydes is 1. The van der Waals surface area contributed by atoms with E-state index >= 15 is 0 Å². The molecular formula is C10H7NO2. The molecule has 0 aliphatic rings. The summed E-state index contributed by atoms with van der Waals surface area (Å²) in [7, 11) is 0. The van der Waals surface area contributed by atoms with Crippen LogP contribution in [-0.4, -0.2) is 12.1 Å². The Morgan fingerprint density at radius 1 is 1.54 bits per heavy atom. The van der Waals surface area contributed by atoms with Crippen molar-refractivity contribution in [3.8, 4) is 6.07 Å². The molecule has 0 atom stereocenters. The minimum atomic E-state index is -0.208. The van der Waals surface area contributed by atoms with Crippen LogP contribution in [0.2, 0.25) is 0 Å². The molecule has 0 heterocycles. The Morgan fingerprint density at radius 2 is 2.23 bits per heavy atom. The highest BCUT2D eigenvalue weighted by Crippen LogP contribution is 2.12. The molecule has 0 radical (unpaired) electrons. The number of carbonyl (C=O) groups is 2. The number of hydrogen-bond acceptors (Lipinski definition) is 3. The van der Waals surface area contributed by atoms with Crippen molar-refractivity contribution in [1.82, 2.24) is 0 Å². The molecule has 1 rings (SSSR count). The van der Waals surface area contributed by atoms with Gasteiger partial charge in [0.1, 0.15) is 6.07 Å². The third-order valence-corrected chi connectivity index (χ3v) is 1.71. The zero-order valence-electron chi connectivity index (χ0n) is 7.07. The second-order valence-electron chi connectivity index (χ2n) is 2.56. The fourth-order valence-corrected chi connectivity index (χ4v) is 1.09. The summed E-state index contributed by atoms with van der Waals surface area (Å²) in [6.07, 6.45) is 0.574. The molecule has 3 heteroatoms. The lowest BCUT2D eigenvalue weighted by atomic mass is 10.0. The van der Waals surface area contributed by atoms with Gasteiger partial charge >= 0.3 is 0 Å². The van der Waals surface area contributed by atoms with Crippen molar-refractivity contribution in [3.63, 3.8) is 0 Å². The van der Waals surface area contributed by atoms with Crippen molar-refractivity contribution < 1.29 is 9.59 Å². The molecule has 0 aliphatic heterocycles. The molecule has 3 nitrogen and oxygen atoms in total. The number of benzene rings is 1. The van der Waals surface area contributed by atoms with E-state index in [0.29, 0.717) is 11.8 Å². The summed E-state index contributed by atoms with van der Waals surface area (Å²) in [4.78, 5) is 21.5. The Labute approximate surface area is 75.6 Å². The van der Waals surface area contributed by atoms with Crippen LogP contribution < -0.4 is 0 Å². The standard InChI is InChI=1S/C10H7NO2/c1-7(13)9-4-2-3-8(6-12)10(9)5-11/h2-4,6H,1H3. The molecule has 0 spiro atoms. The first kappa shape index (κ1) is 9.14. The minimum absolute atomic E-state index is 0.157. The van der Waals surface area contributed by atoms with Gasteiger partial charge in [0.15, 0.2) is 12.1 Å². The number of nitriles is 1. The van der Waals surface area contributed by atoms with Crippen molar-refractivity contribution in [1.29, 1.82) is 5.26 Å². The highest BCUT2D eigenvalue weighted by Gasteiger charge is 2.09. The van der Waals surface area contributed by atoms with E-state index in [1.165, 1.54) is 19.1 Å². The second-order valence-corrected chi connectivity index (χ2v) is 2.56. The van der Waals surface area contributed by atoms with Gasteiger partial charge in [-0.25, -0.2) is 0 Å². The summed E-state index contributed by atoms with van der Waals surface area (Å²) in [5, 5.41) is 8.72. The van der Waals surface area contributed by atoms with E-state index < -0.39 is 0 Å². The number of nitrogens with zero attached hydrogens (tertiary/aromatic N) is 1. The van der Waals surface area contributed by atoms with Crippen LogP contribution >= 0.6 is 0 Å². The predicted octanol–water partition coefficient (Wildman–Crippen LogP) is 1.57. The molecule has 0 N–H and O–H groups in total. The Hall–Kier alpha value is -1.95. The molecule has 13 heavy (non-hydrogen) atoms. The lowest BCUT2D eigenvalue weighted by Crippen LogP contribution is -1.99. The average Bonchev–Trinajstić information content (AvgIpc) is 2.16. The van der Waals surface area contributed by atoms with Gasteiger partial charge in [-0.3, -0.25) is 9.59 Å². The van der Waals surface area contributed by atoms with Crippen molar-refractivity contribution >= 4 is 12.1 Å². The zero-order chi connectivity index (χ0) is 9.84. The van der Waals surface area contributed by atoms with Crippen LogP contribution in [0.25, 0.3) is 0 Å². The molecule has 0 fully saturated rings. The van der Waals surface area contributed by atoms with Gasteiger partial charge in [-0.15, -0.1) is 0 Å². The van der Waals surface area contributed by atoms with Crippen molar-refractivity contribution in [2.45, 2.75) is 6.92 Å². The number of ketones is 1. The molecule has 0 aliphatic carbocycles. The molecule has 1 aromatic carbocycles. The van der Waals surface area contributed by atoms with Crippen LogP contribution in [0, 0.1) is 11.3 Å². The van der Waals surface area contributed by atoms with Crippen LogP contribution in [0.5, 0.6) is 0 Å². The molecule has 0 aromatic heterocycles. The number of rotatable bonds is 2. The van der Waals surface area contributed by atoms with Gasteiger partial charge < -0.3 is 0 Å². The highest BCUT2D eigenvalue weighted by molar-refractivity contribution is 5.99. The minimum Gasteiger partial charge on any atom is -0.298 e. The first-order valence-electron chi connectivity index (χ1n) is 3.70. The fourth-order valence-electron chi connectivity index (χ4n) is 1.09. The largest absolute Gasteiger partial charge is 0.298 e. The van der Waals surface area contributed by atoms with E-state index in [-0.39, 0.29) is 16.9 Å². The first-order chi connectivity index (χ1) is 6.20. The molecule has 1 aromatic rings. The van der Waals surface area contributed by atoms with Gasteiger partial charge in [0, 0.05) is 11.1 Å². The van der Waals surface area contributed by atoms with Gasteiger partial charge in [-0.1, -0.05) is 18.2 Å². The summed E-state index contributed by atoms with van der Waals surface area (Å²) < 4.78 is 0. The summed E-state index contributed by atoms with van der Waals surface area (Å²) in [6, 6.07) is 6.48. The third-order valence-electron chi connectivity index (χ3n) is 1.71. The van der Waals surface area contributed by atoms with Gasteiger partial charge in [-0.05, 0) is 6.92 Å². The average molecular weight is 173 g/mol. The topological polar surface area (TPSA) is 57.9 Å². The molecule has 0 saturated carbocycles. The zero-order valence-corrected chi connectivity index (χ0v) is 7.07. The number of hydrogen-bond donors (Lipinski definition) is 0. The highest BCUT2D eigenvalue weighted by atomic mass is 16.1. The van der Waals surface area contributed by atoms with Crippen LogP contribution in [0.3, 0.4) is 0 Å². The van der Waals surface area contributed by atoms with E-state index in [1.807, 2.05) is 6.07 Å². The summed E-state index contributed by atoms with van der Waals surface area (Å²) in [6.45, 7) is 1.37. The lowest BCUT2D eigenvalue weighted by molar-refractivity contribution is 0.101. The molecule has 0 bridgehead atoms. The quantitative estimate of drug-likeness (QED) is 0.503. The van der Waals surface area contributed by atoms with Crippen LogP contribution in [0.4, 0.5) is 0 Å². The first-order valence-corrected chi connectivity index (χ1v) is 3.70. The fraction of sp³-hybridized carbons (Fsp3) is 0.100. The third kappa shape index (κ3) is 1.62. The Balaban J connectivity index is 3.46. The number of Topliss-reactive ketones (excluding diaryl/α,β-unsaturated/α-hetero) is 1. The summed E-state index contributed by atoms with van der Waals surface area (Å²) >= 11 is 0. The predicted molar refractivity (Wildman–Crippen MR) is 46.5 cm³/mol. The van der Waals surface area contributed by atoms with Gasteiger partial charge in [-0.2, -0.15) is 5.26 Å². The molecule has 0 unspecified atom stereocenters. The van der Waals surface area contributed by atoms with Gasteiger partial charge in [0.25, 0.3) is 0 Å². The van der Waals surface area contributed by atoms with Crippen LogP contribution in [0.1, 0.15) is 33.2 Å². The van der Waals surface area contributed by atoms with E-state index in [9.17, 15) is 9.59 Å². The second kappa shape index (κ2) is 3.63. The van der Waals surface area contributed by atoms with Crippen molar-refractivity contribution in [2.24, 2.45) is 0 Å². The maximum absolute atomic E-state index is 11.0. The molecular weight excluding hydrogens is 166 g/mol. The van der Waals surface area contributed by atoms with E-state index in [1.54, 1.807) is 6.07 Å². The normalized spacial score (nSPS) is 8.92. The Morgan fingerprint density at radius 3 is 2.69 bits per heavy atom. The smallest absolute Gasteiger partial charge is 0.161 e. The van der Waals surface area contributed by atoms with Gasteiger partial charge in [0.2, 0.25) is 0 Å². The molecule has 0 saturated heterocycles.